The van der Waals surface area contributed by atoms with Crippen molar-refractivity contribution in [3.8, 4) is 5.69 Å². The van der Waals surface area contributed by atoms with E-state index in [1.807, 2.05) is 12.3 Å². The van der Waals surface area contributed by atoms with Crippen LogP contribution in [0.15, 0.2) is 36.5 Å². The monoisotopic (exact) mass is 343 g/mol. The fourth-order valence-corrected chi connectivity index (χ4v) is 4.39. The zero-order valence-electron chi connectivity index (χ0n) is 14.0. The number of nitrogens with zero attached hydrogens (tertiary/aromatic N) is 3. The van der Waals surface area contributed by atoms with Gasteiger partial charge in [0, 0.05) is 18.8 Å². The van der Waals surface area contributed by atoms with Gasteiger partial charge in [-0.3, -0.25) is 9.69 Å². The Kier molecular flexibility index (Phi) is 4.29. The second kappa shape index (κ2) is 6.59. The maximum atomic E-state index is 13.1. The van der Waals surface area contributed by atoms with Gasteiger partial charge < -0.3 is 5.11 Å². The number of rotatable bonds is 4. The number of carbonyl (C=O) groups is 1. The lowest BCUT2D eigenvalue weighted by Crippen LogP contribution is -2.41. The second-order valence-electron chi connectivity index (χ2n) is 7.10. The van der Waals surface area contributed by atoms with Gasteiger partial charge in [0.25, 0.3) is 0 Å². The van der Waals surface area contributed by atoms with Crippen LogP contribution in [0.4, 0.5) is 4.39 Å². The molecule has 132 valence electrons. The van der Waals surface area contributed by atoms with Gasteiger partial charge in [-0.15, -0.1) is 0 Å². The molecule has 1 aromatic heterocycles. The summed E-state index contributed by atoms with van der Waals surface area (Å²) in [6, 6.07) is 8.03. The molecular formula is C19H22FN3O2. The van der Waals surface area contributed by atoms with E-state index in [4.69, 9.17) is 0 Å². The first-order valence-corrected chi connectivity index (χ1v) is 8.91. The van der Waals surface area contributed by atoms with Gasteiger partial charge in [-0.2, -0.15) is 5.10 Å². The first kappa shape index (κ1) is 16.3. The summed E-state index contributed by atoms with van der Waals surface area (Å²) in [5.74, 6) is -0.512. The Labute approximate surface area is 146 Å². The molecule has 1 aliphatic carbocycles. The van der Waals surface area contributed by atoms with E-state index in [9.17, 15) is 14.3 Å². The van der Waals surface area contributed by atoms with Crippen molar-refractivity contribution in [3.05, 3.63) is 48.0 Å². The smallest absolute Gasteiger partial charge is 0.320 e. The zero-order chi connectivity index (χ0) is 17.4. The minimum absolute atomic E-state index is 0.277. The summed E-state index contributed by atoms with van der Waals surface area (Å²) in [5.41, 5.74) is 1.64. The maximum absolute atomic E-state index is 13.1. The van der Waals surface area contributed by atoms with Crippen LogP contribution in [0.1, 0.15) is 37.8 Å². The number of aliphatic carboxylic acids is 1. The third-order valence-electron chi connectivity index (χ3n) is 5.59. The van der Waals surface area contributed by atoms with E-state index in [0.717, 1.165) is 30.6 Å². The molecule has 0 bridgehead atoms. The number of likely N-dealkylation sites (tertiary alicyclic amines) is 1. The van der Waals surface area contributed by atoms with Gasteiger partial charge in [-0.05, 0) is 55.5 Å². The van der Waals surface area contributed by atoms with Crippen molar-refractivity contribution >= 4 is 5.97 Å². The quantitative estimate of drug-likeness (QED) is 0.926. The highest BCUT2D eigenvalue weighted by Crippen LogP contribution is 2.40. The Morgan fingerprint density at radius 1 is 1.20 bits per heavy atom. The van der Waals surface area contributed by atoms with Gasteiger partial charge in [0.15, 0.2) is 0 Å². The van der Waals surface area contributed by atoms with Gasteiger partial charge in [-0.1, -0.05) is 12.8 Å². The number of hydrogen-bond donors (Lipinski definition) is 1. The molecule has 4 rings (SSSR count). The molecule has 2 fully saturated rings. The third kappa shape index (κ3) is 3.18. The summed E-state index contributed by atoms with van der Waals surface area (Å²) >= 11 is 0. The highest BCUT2D eigenvalue weighted by molar-refractivity contribution is 5.74. The molecule has 0 radical (unpaired) electrons. The van der Waals surface area contributed by atoms with Crippen LogP contribution >= 0.6 is 0 Å². The lowest BCUT2D eigenvalue weighted by molar-refractivity contribution is -0.142. The second-order valence-corrected chi connectivity index (χ2v) is 7.10. The molecule has 3 unspecified atom stereocenters. The fourth-order valence-electron chi connectivity index (χ4n) is 4.39. The van der Waals surface area contributed by atoms with Crippen LogP contribution in [0.25, 0.3) is 5.69 Å². The van der Waals surface area contributed by atoms with Crippen LogP contribution in [0.2, 0.25) is 0 Å². The average molecular weight is 343 g/mol. The van der Waals surface area contributed by atoms with E-state index in [2.05, 4.69) is 10.00 Å². The first-order valence-electron chi connectivity index (χ1n) is 8.91. The molecule has 1 saturated heterocycles. The number of benzene rings is 1. The molecule has 2 aliphatic rings. The van der Waals surface area contributed by atoms with Crippen molar-refractivity contribution in [1.82, 2.24) is 14.7 Å². The Hall–Kier alpha value is -2.21. The van der Waals surface area contributed by atoms with E-state index in [1.54, 1.807) is 16.8 Å². The van der Waals surface area contributed by atoms with E-state index in [-0.39, 0.29) is 5.82 Å². The van der Waals surface area contributed by atoms with Crippen LogP contribution in [-0.4, -0.2) is 37.8 Å². The topological polar surface area (TPSA) is 58.4 Å². The third-order valence-corrected chi connectivity index (χ3v) is 5.59. The molecule has 2 aromatic rings. The Bertz CT molecular complexity index is 758. The number of aromatic nitrogens is 2. The minimum atomic E-state index is -0.729. The minimum Gasteiger partial charge on any atom is -0.480 e. The predicted octanol–water partition coefficient (Wildman–Crippen LogP) is 3.23. The molecule has 1 N–H and O–H groups in total. The molecule has 5 nitrogen and oxygen atoms in total. The molecule has 6 heteroatoms. The Morgan fingerprint density at radius 2 is 1.96 bits per heavy atom. The van der Waals surface area contributed by atoms with Crippen LogP contribution in [-0.2, 0) is 11.3 Å². The van der Waals surface area contributed by atoms with E-state index in [0.29, 0.717) is 18.5 Å². The number of carboxylic acids is 1. The van der Waals surface area contributed by atoms with Gasteiger partial charge in [0.05, 0.1) is 11.4 Å². The summed E-state index contributed by atoms with van der Waals surface area (Å²) in [4.78, 5) is 13.8. The van der Waals surface area contributed by atoms with Crippen molar-refractivity contribution in [2.75, 3.05) is 0 Å². The van der Waals surface area contributed by atoms with Crippen LogP contribution in [0, 0.1) is 11.7 Å². The number of hydrogen-bond acceptors (Lipinski definition) is 3. The SMILES string of the molecule is O=C(O)C1CC2CCCCC2N1Cc1ccn(-c2ccc(F)cc2)n1. The molecule has 25 heavy (non-hydrogen) atoms. The van der Waals surface area contributed by atoms with Crippen molar-refractivity contribution in [3.63, 3.8) is 0 Å². The molecule has 1 aliphatic heterocycles. The summed E-state index contributed by atoms with van der Waals surface area (Å²) in [5, 5.41) is 14.2. The molecule has 2 heterocycles. The van der Waals surface area contributed by atoms with Gasteiger partial charge in [-0.25, -0.2) is 9.07 Å². The highest BCUT2D eigenvalue weighted by atomic mass is 19.1. The molecule has 0 spiro atoms. The van der Waals surface area contributed by atoms with Crippen molar-refractivity contribution < 1.29 is 14.3 Å². The number of carboxylic acid groups (broad SMARTS) is 1. The number of fused-ring (bicyclic) bond motifs is 1. The van der Waals surface area contributed by atoms with E-state index < -0.39 is 12.0 Å². The van der Waals surface area contributed by atoms with Crippen LogP contribution in [0.3, 0.4) is 0 Å². The molecule has 1 aromatic carbocycles. The Morgan fingerprint density at radius 3 is 2.72 bits per heavy atom. The highest BCUT2D eigenvalue weighted by Gasteiger charge is 2.45. The van der Waals surface area contributed by atoms with Crippen molar-refractivity contribution in [1.29, 1.82) is 0 Å². The van der Waals surface area contributed by atoms with Gasteiger partial charge in [0.1, 0.15) is 11.9 Å². The number of halogens is 1. The summed E-state index contributed by atoms with van der Waals surface area (Å²) in [6.07, 6.45) is 7.18. The zero-order valence-corrected chi connectivity index (χ0v) is 14.0. The summed E-state index contributed by atoms with van der Waals surface area (Å²) in [6.45, 7) is 0.548. The summed E-state index contributed by atoms with van der Waals surface area (Å²) in [7, 11) is 0. The average Bonchev–Trinajstić information content (AvgIpc) is 3.21. The van der Waals surface area contributed by atoms with Gasteiger partial charge >= 0.3 is 5.97 Å². The molecule has 1 saturated carbocycles. The van der Waals surface area contributed by atoms with Crippen LogP contribution in [0.5, 0.6) is 0 Å². The summed E-state index contributed by atoms with van der Waals surface area (Å²) < 4.78 is 14.8. The van der Waals surface area contributed by atoms with Gasteiger partial charge in [0.2, 0.25) is 0 Å². The lowest BCUT2D eigenvalue weighted by Gasteiger charge is -2.32. The normalized spacial score (nSPS) is 26.5. The van der Waals surface area contributed by atoms with E-state index >= 15 is 0 Å². The van der Waals surface area contributed by atoms with Crippen molar-refractivity contribution in [2.45, 2.75) is 50.7 Å². The van der Waals surface area contributed by atoms with E-state index in [1.165, 1.54) is 25.0 Å². The predicted molar refractivity (Wildman–Crippen MR) is 90.9 cm³/mol. The van der Waals surface area contributed by atoms with Crippen LogP contribution < -0.4 is 0 Å². The standard InChI is InChI=1S/C19H22FN3O2/c20-14-5-7-16(8-6-14)23-10-9-15(21-23)12-22-17-4-2-1-3-13(17)11-18(22)19(24)25/h5-10,13,17-18H,1-4,11-12H2,(H,24,25). The Balaban J connectivity index is 1.54. The first-order chi connectivity index (χ1) is 12.1. The molecular weight excluding hydrogens is 321 g/mol. The lowest BCUT2D eigenvalue weighted by atomic mass is 9.85. The molecule has 3 atom stereocenters. The fraction of sp³-hybridized carbons (Fsp3) is 0.474. The van der Waals surface area contributed by atoms with Crippen molar-refractivity contribution in [2.24, 2.45) is 5.92 Å². The largest absolute Gasteiger partial charge is 0.480 e. The molecule has 0 amide bonds. The maximum Gasteiger partial charge on any atom is 0.320 e.